The van der Waals surface area contributed by atoms with Gasteiger partial charge in [-0.1, -0.05) is 0 Å². The zero-order valence-electron chi connectivity index (χ0n) is 8.67. The second-order valence-corrected chi connectivity index (χ2v) is 5.65. The fourth-order valence-corrected chi connectivity index (χ4v) is 2.80. The molecular weight excluding hydrogens is 252 g/mol. The van der Waals surface area contributed by atoms with Gasteiger partial charge in [-0.3, -0.25) is 9.78 Å². The minimum atomic E-state index is -3.53. The fraction of sp³-hybridized carbons (Fsp3) is 0.500. The van der Waals surface area contributed by atoms with Crippen LogP contribution >= 0.6 is 11.3 Å². The first kappa shape index (κ1) is 13.1. The Kier molecular flexibility index (Phi) is 4.84. The van der Waals surface area contributed by atoms with Crippen LogP contribution in [0.5, 0.6) is 0 Å². The summed E-state index contributed by atoms with van der Waals surface area (Å²) in [5.74, 6) is -0.422. The zero-order chi connectivity index (χ0) is 12.0. The van der Waals surface area contributed by atoms with Crippen molar-refractivity contribution >= 4 is 27.3 Å². The zero-order valence-corrected chi connectivity index (χ0v) is 10.3. The smallest absolute Gasteiger partial charge is 0.307 e. The van der Waals surface area contributed by atoms with Crippen LogP contribution in [0.3, 0.4) is 0 Å². The van der Waals surface area contributed by atoms with Gasteiger partial charge in [-0.2, -0.15) is 0 Å². The number of nitrogens with zero attached hydrogens (tertiary/aromatic N) is 1. The number of thiazole rings is 1. The number of hydrogen-bond donors (Lipinski definition) is 1. The van der Waals surface area contributed by atoms with E-state index >= 15 is 0 Å². The maximum absolute atomic E-state index is 11.5. The molecular formula is C8H12N2O4S2. The van der Waals surface area contributed by atoms with Crippen molar-refractivity contribution in [2.45, 2.75) is 17.6 Å². The van der Waals surface area contributed by atoms with Crippen molar-refractivity contribution in [2.75, 3.05) is 13.2 Å². The molecule has 90 valence electrons. The van der Waals surface area contributed by atoms with Crippen LogP contribution in [0.15, 0.2) is 15.9 Å². The predicted octanol–water partition coefficient (Wildman–Crippen LogP) is 0.375. The first-order valence-electron chi connectivity index (χ1n) is 4.60. The highest BCUT2D eigenvalue weighted by molar-refractivity contribution is 7.91. The number of nitrogens with one attached hydrogen (secondary N) is 1. The van der Waals surface area contributed by atoms with Crippen LogP contribution < -0.4 is 4.72 Å². The van der Waals surface area contributed by atoms with E-state index in [0.717, 1.165) is 11.3 Å². The van der Waals surface area contributed by atoms with Crippen LogP contribution in [0, 0.1) is 0 Å². The van der Waals surface area contributed by atoms with E-state index in [1.54, 1.807) is 6.92 Å². The van der Waals surface area contributed by atoms with Crippen molar-refractivity contribution < 1.29 is 17.9 Å². The van der Waals surface area contributed by atoms with Crippen molar-refractivity contribution in [3.05, 3.63) is 11.7 Å². The third kappa shape index (κ3) is 3.87. The van der Waals surface area contributed by atoms with Gasteiger partial charge in [0.15, 0.2) is 4.21 Å². The number of carbonyl (C=O) groups is 1. The second kappa shape index (κ2) is 5.92. The molecule has 8 heteroatoms. The molecule has 0 aliphatic rings. The summed E-state index contributed by atoms with van der Waals surface area (Å²) < 4.78 is 30.2. The van der Waals surface area contributed by atoms with E-state index in [1.807, 2.05) is 0 Å². The van der Waals surface area contributed by atoms with Crippen LogP contribution in [-0.2, 0) is 19.6 Å². The minimum Gasteiger partial charge on any atom is -0.466 e. The molecule has 1 rings (SSSR count). The lowest BCUT2D eigenvalue weighted by atomic mass is 10.4. The molecule has 0 aliphatic heterocycles. The molecule has 1 aromatic rings. The highest BCUT2D eigenvalue weighted by atomic mass is 32.2. The number of ether oxygens (including phenoxy) is 1. The van der Waals surface area contributed by atoms with Crippen molar-refractivity contribution in [1.82, 2.24) is 9.71 Å². The molecule has 0 aliphatic carbocycles. The lowest BCUT2D eigenvalue weighted by molar-refractivity contribution is -0.142. The number of carbonyl (C=O) groups excluding carboxylic acids is 1. The van der Waals surface area contributed by atoms with Gasteiger partial charge < -0.3 is 4.74 Å². The number of hydrogen-bond acceptors (Lipinski definition) is 6. The topological polar surface area (TPSA) is 85.4 Å². The van der Waals surface area contributed by atoms with Gasteiger partial charge in [-0.25, -0.2) is 13.1 Å². The summed E-state index contributed by atoms with van der Waals surface area (Å²) in [6, 6.07) is 0. The summed E-state index contributed by atoms with van der Waals surface area (Å²) in [6.07, 6.45) is 1.28. The van der Waals surface area contributed by atoms with Crippen LogP contribution in [0.2, 0.25) is 0 Å². The Labute approximate surface area is 97.7 Å². The summed E-state index contributed by atoms with van der Waals surface area (Å²) in [4.78, 5) is 14.6. The Morgan fingerprint density at radius 1 is 1.62 bits per heavy atom. The normalized spacial score (nSPS) is 11.3. The van der Waals surface area contributed by atoms with Gasteiger partial charge in [0, 0.05) is 6.54 Å². The molecule has 0 fully saturated rings. The van der Waals surface area contributed by atoms with Gasteiger partial charge in [-0.15, -0.1) is 11.3 Å². The minimum absolute atomic E-state index is 0.0197. The first-order chi connectivity index (χ1) is 7.56. The van der Waals surface area contributed by atoms with E-state index in [1.165, 1.54) is 11.7 Å². The Balaban J connectivity index is 2.41. The summed E-state index contributed by atoms with van der Waals surface area (Å²) in [5.41, 5.74) is 1.43. The fourth-order valence-electron chi connectivity index (χ4n) is 0.929. The summed E-state index contributed by atoms with van der Waals surface area (Å²) in [7, 11) is -3.53. The second-order valence-electron chi connectivity index (χ2n) is 2.77. The molecule has 16 heavy (non-hydrogen) atoms. The maximum atomic E-state index is 11.5. The summed E-state index contributed by atoms with van der Waals surface area (Å²) in [6.45, 7) is 2.01. The molecule has 6 nitrogen and oxygen atoms in total. The SMILES string of the molecule is CCOC(=O)CCNS(=O)(=O)c1cncs1. The quantitative estimate of drug-likeness (QED) is 0.750. The highest BCUT2D eigenvalue weighted by Crippen LogP contribution is 2.12. The molecule has 0 saturated carbocycles. The van der Waals surface area contributed by atoms with Gasteiger partial charge >= 0.3 is 5.97 Å². The number of rotatable bonds is 6. The Hall–Kier alpha value is -0.990. The molecule has 0 aromatic carbocycles. The number of sulfonamides is 1. The number of esters is 1. The van der Waals surface area contributed by atoms with Crippen LogP contribution in [0.1, 0.15) is 13.3 Å². The van der Waals surface area contributed by atoms with Gasteiger partial charge in [0.1, 0.15) is 0 Å². The Morgan fingerprint density at radius 2 is 2.38 bits per heavy atom. The van der Waals surface area contributed by atoms with Crippen molar-refractivity contribution in [3.8, 4) is 0 Å². The molecule has 0 bridgehead atoms. The molecule has 0 unspecified atom stereocenters. The third-order valence-corrected chi connectivity index (χ3v) is 4.33. The van der Waals surface area contributed by atoms with Crippen molar-refractivity contribution in [3.63, 3.8) is 0 Å². The lowest BCUT2D eigenvalue weighted by Crippen LogP contribution is -2.26. The molecule has 1 heterocycles. The standard InChI is InChI=1S/C8H12N2O4S2/c1-2-14-7(11)3-4-10-16(12,13)8-5-9-6-15-8/h5-6,10H,2-4H2,1H3. The van der Waals surface area contributed by atoms with Crippen molar-refractivity contribution in [2.24, 2.45) is 0 Å². The first-order valence-corrected chi connectivity index (χ1v) is 6.96. The molecule has 0 amide bonds. The summed E-state index contributed by atoms with van der Waals surface area (Å²) in [5, 5.41) is 0. The monoisotopic (exact) mass is 264 g/mol. The van der Waals surface area contributed by atoms with E-state index in [-0.39, 0.29) is 17.2 Å². The molecule has 0 atom stereocenters. The predicted molar refractivity (Wildman–Crippen MR) is 58.6 cm³/mol. The van der Waals surface area contributed by atoms with E-state index in [9.17, 15) is 13.2 Å². The Bertz CT molecular complexity index is 427. The van der Waals surface area contributed by atoms with E-state index in [0.29, 0.717) is 6.61 Å². The summed E-state index contributed by atoms with van der Waals surface area (Å²) >= 11 is 1.02. The number of aromatic nitrogens is 1. The van der Waals surface area contributed by atoms with Gasteiger partial charge in [0.05, 0.1) is 24.7 Å². The molecule has 0 saturated heterocycles. The van der Waals surface area contributed by atoms with E-state index < -0.39 is 16.0 Å². The average Bonchev–Trinajstić information content (AvgIpc) is 2.71. The lowest BCUT2D eigenvalue weighted by Gasteiger charge is -2.03. The van der Waals surface area contributed by atoms with Crippen LogP contribution in [0.4, 0.5) is 0 Å². The van der Waals surface area contributed by atoms with Crippen LogP contribution in [-0.4, -0.2) is 32.5 Å². The van der Waals surface area contributed by atoms with Crippen LogP contribution in [0.25, 0.3) is 0 Å². The largest absolute Gasteiger partial charge is 0.466 e. The maximum Gasteiger partial charge on any atom is 0.307 e. The van der Waals surface area contributed by atoms with E-state index in [2.05, 4.69) is 14.4 Å². The third-order valence-electron chi connectivity index (χ3n) is 1.60. The molecule has 1 aromatic heterocycles. The van der Waals surface area contributed by atoms with Crippen molar-refractivity contribution in [1.29, 1.82) is 0 Å². The van der Waals surface area contributed by atoms with Gasteiger partial charge in [0.2, 0.25) is 0 Å². The average molecular weight is 264 g/mol. The Morgan fingerprint density at radius 3 is 2.94 bits per heavy atom. The highest BCUT2D eigenvalue weighted by Gasteiger charge is 2.15. The van der Waals surface area contributed by atoms with E-state index in [4.69, 9.17) is 0 Å². The molecule has 1 N–H and O–H groups in total. The molecule has 0 radical (unpaired) electrons. The van der Waals surface area contributed by atoms with Gasteiger partial charge in [-0.05, 0) is 6.92 Å². The molecule has 0 spiro atoms. The van der Waals surface area contributed by atoms with Gasteiger partial charge in [0.25, 0.3) is 10.0 Å².